The molecule has 6 heteroatoms. The van der Waals surface area contributed by atoms with Gasteiger partial charge in [-0.1, -0.05) is 18.2 Å². The Morgan fingerprint density at radius 3 is 2.75 bits per heavy atom. The van der Waals surface area contributed by atoms with Crippen LogP contribution in [0.25, 0.3) is 22.6 Å². The number of aliphatic carboxylic acids is 1. The maximum absolute atomic E-state index is 11.8. The fraction of sp³-hybridized carbons (Fsp3) is 0.0556. The second-order valence-electron chi connectivity index (χ2n) is 5.20. The Morgan fingerprint density at radius 1 is 1.17 bits per heavy atom. The number of anilines is 1. The number of nitrogens with one attached hydrogen (secondary N) is 1. The maximum atomic E-state index is 11.8. The number of para-hydroxylation sites is 1. The molecule has 2 aromatic carbocycles. The predicted octanol–water partition coefficient (Wildman–Crippen LogP) is 3.38. The van der Waals surface area contributed by atoms with E-state index >= 15 is 0 Å². The van der Waals surface area contributed by atoms with E-state index in [-0.39, 0.29) is 0 Å². The van der Waals surface area contributed by atoms with Crippen molar-refractivity contribution in [3.05, 3.63) is 60.2 Å². The van der Waals surface area contributed by atoms with E-state index in [9.17, 15) is 9.59 Å². The van der Waals surface area contributed by atoms with Crippen molar-refractivity contribution in [1.29, 1.82) is 0 Å². The van der Waals surface area contributed by atoms with E-state index in [0.29, 0.717) is 22.7 Å². The zero-order valence-corrected chi connectivity index (χ0v) is 12.8. The van der Waals surface area contributed by atoms with Crippen molar-refractivity contribution >= 4 is 28.7 Å². The molecule has 120 valence electrons. The lowest BCUT2D eigenvalue weighted by Gasteiger charge is -2.06. The van der Waals surface area contributed by atoms with Gasteiger partial charge in [-0.15, -0.1) is 0 Å². The van der Waals surface area contributed by atoms with Gasteiger partial charge in [0.15, 0.2) is 5.58 Å². The zero-order valence-electron chi connectivity index (χ0n) is 12.8. The number of oxazole rings is 1. The largest absolute Gasteiger partial charge is 0.478 e. The monoisotopic (exact) mass is 322 g/mol. The lowest BCUT2D eigenvalue weighted by Crippen LogP contribution is -2.09. The van der Waals surface area contributed by atoms with Gasteiger partial charge in [-0.2, -0.15) is 0 Å². The van der Waals surface area contributed by atoms with Crippen molar-refractivity contribution in [2.24, 2.45) is 0 Å². The van der Waals surface area contributed by atoms with Crippen LogP contribution in [0.15, 0.2) is 59.0 Å². The first-order valence-electron chi connectivity index (χ1n) is 7.21. The number of nitrogens with zero attached hydrogens (tertiary/aromatic N) is 1. The topological polar surface area (TPSA) is 92.4 Å². The Morgan fingerprint density at radius 2 is 1.96 bits per heavy atom. The van der Waals surface area contributed by atoms with Crippen molar-refractivity contribution in [2.75, 3.05) is 5.32 Å². The molecular weight excluding hydrogens is 308 g/mol. The highest BCUT2D eigenvalue weighted by Gasteiger charge is 2.13. The Hall–Kier alpha value is -3.41. The van der Waals surface area contributed by atoms with Crippen LogP contribution in [0, 0.1) is 6.92 Å². The molecule has 1 heterocycles. The number of fused-ring (bicyclic) bond motifs is 1. The molecule has 3 aromatic rings. The van der Waals surface area contributed by atoms with Crippen molar-refractivity contribution in [3.63, 3.8) is 0 Å². The van der Waals surface area contributed by atoms with E-state index in [0.717, 1.165) is 23.2 Å². The SMILES string of the molecule is Cc1ccc2oc(-c3ccccc3NC(=O)C=CC(=O)O)nc2c1. The van der Waals surface area contributed by atoms with E-state index in [4.69, 9.17) is 9.52 Å². The quantitative estimate of drug-likeness (QED) is 0.718. The molecule has 0 bridgehead atoms. The third kappa shape index (κ3) is 3.33. The van der Waals surface area contributed by atoms with Crippen LogP contribution in [0.4, 0.5) is 5.69 Å². The zero-order chi connectivity index (χ0) is 17.1. The van der Waals surface area contributed by atoms with Crippen molar-refractivity contribution in [3.8, 4) is 11.5 Å². The van der Waals surface area contributed by atoms with Gasteiger partial charge in [0.25, 0.3) is 0 Å². The Bertz CT molecular complexity index is 957. The fourth-order valence-electron chi connectivity index (χ4n) is 2.25. The van der Waals surface area contributed by atoms with E-state index < -0.39 is 11.9 Å². The first kappa shape index (κ1) is 15.5. The summed E-state index contributed by atoms with van der Waals surface area (Å²) in [5.74, 6) is -1.35. The lowest BCUT2D eigenvalue weighted by atomic mass is 10.1. The molecule has 0 unspecified atom stereocenters. The van der Waals surface area contributed by atoms with Crippen molar-refractivity contribution in [1.82, 2.24) is 4.98 Å². The summed E-state index contributed by atoms with van der Waals surface area (Å²) in [4.78, 5) is 26.7. The summed E-state index contributed by atoms with van der Waals surface area (Å²) < 4.78 is 5.75. The van der Waals surface area contributed by atoms with Gasteiger partial charge in [0.2, 0.25) is 11.8 Å². The molecule has 1 amide bonds. The number of aromatic nitrogens is 1. The molecular formula is C18H14N2O4. The number of carboxylic acids is 1. The van der Waals surface area contributed by atoms with Crippen LogP contribution in [0.2, 0.25) is 0 Å². The van der Waals surface area contributed by atoms with Gasteiger partial charge in [-0.3, -0.25) is 4.79 Å². The average molecular weight is 322 g/mol. The molecule has 0 atom stereocenters. The fourth-order valence-corrected chi connectivity index (χ4v) is 2.25. The van der Waals surface area contributed by atoms with Gasteiger partial charge >= 0.3 is 5.97 Å². The summed E-state index contributed by atoms with van der Waals surface area (Å²) in [7, 11) is 0. The number of carbonyl (C=O) groups is 2. The minimum Gasteiger partial charge on any atom is -0.478 e. The number of hydrogen-bond acceptors (Lipinski definition) is 4. The van der Waals surface area contributed by atoms with Gasteiger partial charge in [0.1, 0.15) is 5.52 Å². The van der Waals surface area contributed by atoms with Crippen LogP contribution in [0.1, 0.15) is 5.56 Å². The average Bonchev–Trinajstić information content (AvgIpc) is 2.96. The summed E-state index contributed by atoms with van der Waals surface area (Å²) in [5.41, 5.74) is 3.56. The van der Waals surface area contributed by atoms with E-state index in [1.54, 1.807) is 24.3 Å². The maximum Gasteiger partial charge on any atom is 0.328 e. The first-order valence-corrected chi connectivity index (χ1v) is 7.21. The molecule has 0 saturated heterocycles. The molecule has 0 spiro atoms. The molecule has 3 rings (SSSR count). The Balaban J connectivity index is 1.96. The number of carbonyl (C=O) groups excluding carboxylic acids is 1. The van der Waals surface area contributed by atoms with Gasteiger partial charge < -0.3 is 14.8 Å². The third-order valence-corrected chi connectivity index (χ3v) is 3.34. The molecule has 0 aliphatic heterocycles. The van der Waals surface area contributed by atoms with Crippen molar-refractivity contribution in [2.45, 2.75) is 6.92 Å². The number of benzene rings is 2. The summed E-state index contributed by atoms with van der Waals surface area (Å²) in [6, 6.07) is 12.7. The molecule has 1 aromatic heterocycles. The highest BCUT2D eigenvalue weighted by Crippen LogP contribution is 2.30. The van der Waals surface area contributed by atoms with Crippen LogP contribution in [-0.4, -0.2) is 22.0 Å². The minimum absolute atomic E-state index is 0.383. The van der Waals surface area contributed by atoms with Crippen LogP contribution in [0.3, 0.4) is 0 Å². The molecule has 24 heavy (non-hydrogen) atoms. The summed E-state index contributed by atoms with van der Waals surface area (Å²) in [6.45, 7) is 1.97. The predicted molar refractivity (Wildman–Crippen MR) is 89.6 cm³/mol. The van der Waals surface area contributed by atoms with Crippen molar-refractivity contribution < 1.29 is 19.1 Å². The number of hydrogen-bond donors (Lipinski definition) is 2. The standard InChI is InChI=1S/C18H14N2O4/c1-11-6-7-15-14(10-11)20-18(24-15)12-4-2-3-5-13(12)19-16(21)8-9-17(22)23/h2-10H,1H3,(H,19,21)(H,22,23). The third-order valence-electron chi connectivity index (χ3n) is 3.34. The van der Waals surface area contributed by atoms with Gasteiger partial charge in [0.05, 0.1) is 11.3 Å². The van der Waals surface area contributed by atoms with Crippen LogP contribution >= 0.6 is 0 Å². The van der Waals surface area contributed by atoms with Crippen LogP contribution < -0.4 is 5.32 Å². The normalized spacial score (nSPS) is 11.0. The summed E-state index contributed by atoms with van der Waals surface area (Å²) in [6.07, 6.45) is 1.73. The number of amides is 1. The van der Waals surface area contributed by atoms with Crippen LogP contribution in [0.5, 0.6) is 0 Å². The highest BCUT2D eigenvalue weighted by molar-refractivity contribution is 6.04. The molecule has 2 N–H and O–H groups in total. The van der Waals surface area contributed by atoms with E-state index in [2.05, 4.69) is 10.3 Å². The van der Waals surface area contributed by atoms with Gasteiger partial charge in [-0.05, 0) is 36.8 Å². The molecule has 6 nitrogen and oxygen atoms in total. The molecule has 0 fully saturated rings. The Labute approximate surface area is 137 Å². The smallest absolute Gasteiger partial charge is 0.328 e. The molecule has 0 saturated carbocycles. The first-order chi connectivity index (χ1) is 11.5. The number of carboxylic acid groups (broad SMARTS) is 1. The molecule has 0 aliphatic carbocycles. The highest BCUT2D eigenvalue weighted by atomic mass is 16.4. The van der Waals surface area contributed by atoms with Crippen LogP contribution in [-0.2, 0) is 9.59 Å². The lowest BCUT2D eigenvalue weighted by molar-refractivity contribution is -0.131. The summed E-state index contributed by atoms with van der Waals surface area (Å²) in [5, 5.41) is 11.2. The van der Waals surface area contributed by atoms with Gasteiger partial charge in [0, 0.05) is 12.2 Å². The number of rotatable bonds is 4. The summed E-state index contributed by atoms with van der Waals surface area (Å²) >= 11 is 0. The second-order valence-corrected chi connectivity index (χ2v) is 5.20. The van der Waals surface area contributed by atoms with E-state index in [1.807, 2.05) is 25.1 Å². The minimum atomic E-state index is -1.19. The molecule has 0 aliphatic rings. The second kappa shape index (κ2) is 6.37. The molecule has 0 radical (unpaired) electrons. The number of aryl methyl sites for hydroxylation is 1. The van der Waals surface area contributed by atoms with Gasteiger partial charge in [-0.25, -0.2) is 9.78 Å². The van der Waals surface area contributed by atoms with E-state index in [1.165, 1.54) is 0 Å². The Kier molecular flexibility index (Phi) is 4.11.